The summed E-state index contributed by atoms with van der Waals surface area (Å²) in [4.78, 5) is 33.5. The first-order valence-electron chi connectivity index (χ1n) is 10.9. The predicted molar refractivity (Wildman–Crippen MR) is 115 cm³/mol. The Labute approximate surface area is 175 Å². The van der Waals surface area contributed by atoms with Gasteiger partial charge in [0.1, 0.15) is 18.0 Å². The van der Waals surface area contributed by atoms with E-state index >= 15 is 0 Å². The number of hydrogen-bond donors (Lipinski definition) is 1. The Kier molecular flexibility index (Phi) is 5.06. The minimum Gasteiger partial charge on any atom is -0.354 e. The van der Waals surface area contributed by atoms with Crippen LogP contribution in [0.15, 0.2) is 24.5 Å². The van der Waals surface area contributed by atoms with Gasteiger partial charge < -0.3 is 14.8 Å². The van der Waals surface area contributed by atoms with Gasteiger partial charge in [0.05, 0.1) is 5.92 Å². The minimum absolute atomic E-state index is 0.0173. The number of fused-ring (bicyclic) bond motifs is 3. The average Bonchev–Trinajstić information content (AvgIpc) is 2.95. The van der Waals surface area contributed by atoms with Crippen molar-refractivity contribution >= 4 is 28.7 Å². The molecule has 1 fully saturated rings. The van der Waals surface area contributed by atoms with Crippen molar-refractivity contribution in [1.29, 1.82) is 0 Å². The lowest BCUT2D eigenvalue weighted by atomic mass is 9.97. The molecule has 1 atom stereocenters. The summed E-state index contributed by atoms with van der Waals surface area (Å²) in [6, 6.07) is 5.66. The number of carbonyl (C=O) groups excluding carboxylic acids is 1. The van der Waals surface area contributed by atoms with E-state index in [0.29, 0.717) is 12.4 Å². The van der Waals surface area contributed by atoms with Gasteiger partial charge in [-0.05, 0) is 44.7 Å². The Morgan fingerprint density at radius 2 is 2.03 bits per heavy atom. The minimum atomic E-state index is -0.105. The topological polar surface area (TPSA) is 88.8 Å². The molecule has 1 saturated heterocycles. The Balaban J connectivity index is 1.38. The molecule has 3 aromatic heterocycles. The first-order chi connectivity index (χ1) is 14.7. The molecule has 30 heavy (non-hydrogen) atoms. The SMILES string of the molecule is Cc1cccc(NC(=O)[C@@H]2CCCN(c3ncnc4c3nc3n4CCCCC3)C2)n1. The van der Waals surface area contributed by atoms with Crippen molar-refractivity contribution in [3.63, 3.8) is 0 Å². The molecule has 8 heteroatoms. The third-order valence-electron chi connectivity index (χ3n) is 6.11. The van der Waals surface area contributed by atoms with Gasteiger partial charge >= 0.3 is 0 Å². The average molecular weight is 406 g/mol. The fourth-order valence-corrected chi connectivity index (χ4v) is 4.58. The number of imidazole rings is 1. The van der Waals surface area contributed by atoms with E-state index in [2.05, 4.69) is 29.7 Å². The monoisotopic (exact) mass is 405 g/mol. The van der Waals surface area contributed by atoms with Gasteiger partial charge in [0, 0.05) is 31.7 Å². The Hall–Kier alpha value is -3.03. The third kappa shape index (κ3) is 3.62. The zero-order chi connectivity index (χ0) is 20.5. The summed E-state index contributed by atoms with van der Waals surface area (Å²) >= 11 is 0. The smallest absolute Gasteiger partial charge is 0.230 e. The highest BCUT2D eigenvalue weighted by Gasteiger charge is 2.29. The number of amides is 1. The van der Waals surface area contributed by atoms with Gasteiger partial charge in [0.15, 0.2) is 17.0 Å². The second-order valence-corrected chi connectivity index (χ2v) is 8.30. The molecule has 8 nitrogen and oxygen atoms in total. The maximum absolute atomic E-state index is 12.9. The summed E-state index contributed by atoms with van der Waals surface area (Å²) in [6.45, 7) is 4.40. The Morgan fingerprint density at radius 1 is 1.10 bits per heavy atom. The molecule has 0 unspecified atom stereocenters. The van der Waals surface area contributed by atoms with E-state index in [4.69, 9.17) is 4.98 Å². The first-order valence-corrected chi connectivity index (χ1v) is 10.9. The molecule has 156 valence electrons. The van der Waals surface area contributed by atoms with E-state index in [1.54, 1.807) is 6.33 Å². The van der Waals surface area contributed by atoms with Crippen LogP contribution >= 0.6 is 0 Å². The molecule has 0 spiro atoms. The summed E-state index contributed by atoms with van der Waals surface area (Å²) in [5.74, 6) is 2.49. The molecule has 0 aromatic carbocycles. The summed E-state index contributed by atoms with van der Waals surface area (Å²) in [6.07, 6.45) is 8.01. The van der Waals surface area contributed by atoms with Crippen molar-refractivity contribution < 1.29 is 4.79 Å². The maximum Gasteiger partial charge on any atom is 0.230 e. The van der Waals surface area contributed by atoms with Crippen molar-refractivity contribution in [2.75, 3.05) is 23.3 Å². The number of nitrogens with one attached hydrogen (secondary N) is 1. The number of anilines is 2. The fourth-order valence-electron chi connectivity index (χ4n) is 4.58. The Bertz CT molecular complexity index is 1080. The van der Waals surface area contributed by atoms with Crippen LogP contribution in [0.2, 0.25) is 0 Å². The maximum atomic E-state index is 12.9. The van der Waals surface area contributed by atoms with Gasteiger partial charge in [-0.15, -0.1) is 0 Å². The van der Waals surface area contributed by atoms with Gasteiger partial charge in [0.2, 0.25) is 5.91 Å². The molecule has 3 aromatic rings. The van der Waals surface area contributed by atoms with Crippen LogP contribution in [0.5, 0.6) is 0 Å². The van der Waals surface area contributed by atoms with Crippen molar-refractivity contribution in [2.24, 2.45) is 5.92 Å². The lowest BCUT2D eigenvalue weighted by Crippen LogP contribution is -2.41. The van der Waals surface area contributed by atoms with E-state index in [1.807, 2.05) is 25.1 Å². The van der Waals surface area contributed by atoms with Crippen LogP contribution in [0.25, 0.3) is 11.2 Å². The van der Waals surface area contributed by atoms with Crippen molar-refractivity contribution in [3.8, 4) is 0 Å². The molecule has 0 bridgehead atoms. The number of rotatable bonds is 3. The number of piperidine rings is 1. The lowest BCUT2D eigenvalue weighted by molar-refractivity contribution is -0.120. The summed E-state index contributed by atoms with van der Waals surface area (Å²) < 4.78 is 2.26. The molecule has 0 saturated carbocycles. The zero-order valence-electron chi connectivity index (χ0n) is 17.3. The molecule has 2 aliphatic heterocycles. The third-order valence-corrected chi connectivity index (χ3v) is 6.11. The highest BCUT2D eigenvalue weighted by atomic mass is 16.2. The first kappa shape index (κ1) is 19.0. The molecule has 0 aliphatic carbocycles. The number of hydrogen-bond acceptors (Lipinski definition) is 6. The van der Waals surface area contributed by atoms with Gasteiger partial charge in [-0.25, -0.2) is 19.9 Å². The standard InChI is InChI=1S/C22H27N7O/c1-15-7-5-9-17(25-15)26-22(30)16-8-6-11-28(13-16)20-19-21(24-14-23-20)29-12-4-2-3-10-18(29)27-19/h5,7,9,14,16H,2-4,6,8,10-13H2,1H3,(H,25,26,30)/t16-/m1/s1. The fraction of sp³-hybridized carbons (Fsp3) is 0.500. The number of aromatic nitrogens is 5. The number of carbonyl (C=O) groups is 1. The predicted octanol–water partition coefficient (Wildman–Crippen LogP) is 3.11. The van der Waals surface area contributed by atoms with Gasteiger partial charge in [-0.3, -0.25) is 4.79 Å². The van der Waals surface area contributed by atoms with Gasteiger partial charge in [-0.2, -0.15) is 0 Å². The number of nitrogens with zero attached hydrogens (tertiary/aromatic N) is 6. The molecular formula is C22H27N7O. The molecule has 2 aliphatic rings. The molecule has 5 heterocycles. The summed E-state index contributed by atoms with van der Waals surface area (Å²) in [5, 5.41) is 2.98. The second-order valence-electron chi connectivity index (χ2n) is 8.30. The summed E-state index contributed by atoms with van der Waals surface area (Å²) in [5.41, 5.74) is 2.68. The van der Waals surface area contributed by atoms with E-state index in [-0.39, 0.29) is 11.8 Å². The van der Waals surface area contributed by atoms with Crippen molar-refractivity contribution in [2.45, 2.75) is 52.0 Å². The van der Waals surface area contributed by atoms with Crippen LogP contribution in [0.3, 0.4) is 0 Å². The molecule has 1 N–H and O–H groups in total. The van der Waals surface area contributed by atoms with E-state index in [1.165, 1.54) is 12.8 Å². The summed E-state index contributed by atoms with van der Waals surface area (Å²) in [7, 11) is 0. The highest BCUT2D eigenvalue weighted by molar-refractivity contribution is 5.92. The largest absolute Gasteiger partial charge is 0.354 e. The van der Waals surface area contributed by atoms with Gasteiger partial charge in [0.25, 0.3) is 0 Å². The Morgan fingerprint density at radius 3 is 2.93 bits per heavy atom. The van der Waals surface area contributed by atoms with Crippen LogP contribution in [0.1, 0.15) is 43.6 Å². The second kappa shape index (κ2) is 8.01. The van der Waals surface area contributed by atoms with Gasteiger partial charge in [-0.1, -0.05) is 12.5 Å². The lowest BCUT2D eigenvalue weighted by Gasteiger charge is -2.32. The molecule has 5 rings (SSSR count). The van der Waals surface area contributed by atoms with Crippen molar-refractivity contribution in [3.05, 3.63) is 36.0 Å². The molecule has 1 amide bonds. The highest BCUT2D eigenvalue weighted by Crippen LogP contribution is 2.29. The van der Waals surface area contributed by atoms with Crippen LogP contribution < -0.4 is 10.2 Å². The van der Waals surface area contributed by atoms with Crippen LogP contribution in [-0.4, -0.2) is 43.5 Å². The molecule has 0 radical (unpaired) electrons. The number of pyridine rings is 1. The van der Waals surface area contributed by atoms with Crippen LogP contribution in [0.4, 0.5) is 11.6 Å². The van der Waals surface area contributed by atoms with E-state index < -0.39 is 0 Å². The zero-order valence-corrected chi connectivity index (χ0v) is 17.3. The van der Waals surface area contributed by atoms with Crippen LogP contribution in [-0.2, 0) is 17.8 Å². The number of aryl methyl sites for hydroxylation is 3. The van der Waals surface area contributed by atoms with E-state index in [0.717, 1.165) is 67.3 Å². The van der Waals surface area contributed by atoms with Crippen LogP contribution in [0, 0.1) is 12.8 Å². The quantitative estimate of drug-likeness (QED) is 0.720. The molecular weight excluding hydrogens is 378 g/mol. The van der Waals surface area contributed by atoms with E-state index in [9.17, 15) is 4.79 Å². The van der Waals surface area contributed by atoms with Crippen molar-refractivity contribution in [1.82, 2.24) is 24.5 Å². The normalized spacial score (nSPS) is 19.4.